The van der Waals surface area contributed by atoms with E-state index in [9.17, 15) is 51.3 Å². The van der Waals surface area contributed by atoms with Crippen LogP contribution in [-0.4, -0.2) is 259 Å². The van der Waals surface area contributed by atoms with E-state index in [-0.39, 0.29) is 127 Å². The van der Waals surface area contributed by atoms with Gasteiger partial charge < -0.3 is 64.8 Å². The Bertz CT molecular complexity index is 2510. The van der Waals surface area contributed by atoms with Crippen molar-refractivity contribution in [2.45, 2.75) is 88.9 Å². The number of carbonyl (C=O) groups excluding carboxylic acids is 7. The quantitative estimate of drug-likeness (QED) is 0.0275. The molecule has 446 valence electrons. The van der Waals surface area contributed by atoms with Crippen molar-refractivity contribution in [1.29, 1.82) is 0 Å². The molecule has 0 aromatic rings. The summed E-state index contributed by atoms with van der Waals surface area (Å²) in [5, 5.41) is 28.3. The molecule has 8 aliphatic rings. The number of primary amides is 2. The third-order valence-corrected chi connectivity index (χ3v) is 12.8. The standard InChI is InChI=1S/C12H17N3O5.C11H16N4O4.C11H15N3O5.C8H12N4O7S.2CH4.Na/c1-4-5-20-15-10-7-14(12(15)17)9(11(16)18-2)6-8(10)13-19-3;1-3-4-19-15-9-6-14(11(15)17)8(10(12)16)5-7(9)13-18-2;1-3-4-19-14-9-6-13(11(14)17)8(10(15)16)5-7(9)12-18-2;1-18-10-4-2-5(7(9)13)11-3-6(4)12(8(11)14)19-20(15,16)17;;;/h4,9-10H,1,5-7H2,2-3H3;3,8-9H,1,4-6H2,2H3,(H2,12,16);3,8-9H,1,4-6H2,2H3,(H,15,16);5-6H,2-3H2,1H3,(H2,9,13)(H,15,16,17);2*1H4;/q;;;;;;+1/p-1/t9-,10-;2*8-,9-;5-,6-;;;/m0000.../s1. The molecule has 8 saturated heterocycles. The molecular weight excluding hydrogens is 1120 g/mol. The number of nitrogens with two attached hydrogens (primary N) is 2. The van der Waals surface area contributed by atoms with E-state index < -0.39 is 88.5 Å². The molecule has 10 amide bonds. The Morgan fingerprint density at radius 2 is 0.827 bits per heavy atom. The zero-order valence-electron chi connectivity index (χ0n) is 43.8. The molecule has 8 heterocycles. The van der Waals surface area contributed by atoms with Crippen molar-refractivity contribution in [3.8, 4) is 0 Å². The molecule has 8 aliphatic heterocycles. The number of piperidine rings is 4. The Kier molecular flexibility index (Phi) is 26.9. The number of urea groups is 4. The molecule has 8 rings (SSSR count). The Labute approximate surface area is 488 Å². The zero-order valence-corrected chi connectivity index (χ0v) is 46.6. The van der Waals surface area contributed by atoms with E-state index in [1.165, 1.54) is 78.6 Å². The van der Waals surface area contributed by atoms with Crippen molar-refractivity contribution in [3.05, 3.63) is 38.0 Å². The number of carboxylic acids is 1. The Morgan fingerprint density at radius 1 is 0.556 bits per heavy atom. The molecular formula is C44H67N14NaO21S. The van der Waals surface area contributed by atoms with Gasteiger partial charge in [-0.05, 0) is 0 Å². The number of hydrogen-bond donors (Lipinski definition) is 3. The molecule has 8 atom stereocenters. The minimum Gasteiger partial charge on any atom is -0.724 e. The molecule has 0 aliphatic carbocycles. The molecule has 8 bridgehead atoms. The van der Waals surface area contributed by atoms with Gasteiger partial charge in [-0.2, -0.15) is 24.5 Å². The zero-order chi connectivity index (χ0) is 57.8. The van der Waals surface area contributed by atoms with Gasteiger partial charge in [-0.1, -0.05) is 53.7 Å². The predicted molar refractivity (Wildman–Crippen MR) is 273 cm³/mol. The predicted octanol–water partition coefficient (Wildman–Crippen LogP) is -4.28. The summed E-state index contributed by atoms with van der Waals surface area (Å²) in [6, 6.07) is -7.60. The van der Waals surface area contributed by atoms with Crippen molar-refractivity contribution in [3.63, 3.8) is 0 Å². The van der Waals surface area contributed by atoms with Gasteiger partial charge in [-0.25, -0.2) is 37.2 Å². The largest absolute Gasteiger partial charge is 1.00 e. The van der Waals surface area contributed by atoms with Gasteiger partial charge in [0.15, 0.2) is 0 Å². The van der Waals surface area contributed by atoms with Crippen LogP contribution in [-0.2, 0) is 72.5 Å². The second-order valence-corrected chi connectivity index (χ2v) is 17.9. The van der Waals surface area contributed by atoms with E-state index in [2.05, 4.69) is 49.5 Å². The van der Waals surface area contributed by atoms with E-state index in [0.717, 1.165) is 9.96 Å². The number of esters is 1. The van der Waals surface area contributed by atoms with Gasteiger partial charge in [0.2, 0.25) is 22.2 Å². The van der Waals surface area contributed by atoms with Gasteiger partial charge in [0, 0.05) is 25.7 Å². The Hall–Kier alpha value is -7.19. The minimum absolute atomic E-state index is 0. The van der Waals surface area contributed by atoms with Crippen molar-refractivity contribution < 1.29 is 129 Å². The number of hydrogen-bond acceptors (Lipinski definition) is 24. The summed E-state index contributed by atoms with van der Waals surface area (Å²) >= 11 is 0. The second kappa shape index (κ2) is 31.1. The van der Waals surface area contributed by atoms with E-state index in [1.807, 2.05) is 0 Å². The molecule has 0 radical (unpaired) electrons. The van der Waals surface area contributed by atoms with E-state index >= 15 is 0 Å². The number of carbonyl (C=O) groups is 8. The SMILES string of the molecule is C.C.C=CCON1C(=O)N2C[C@H]1C(=NOC)C[C@H]2C(=O)O.C=CCON1C(=O)N2C[C@H]1C(=NOC)C[C@H]2C(=O)OC.C=CCON1C(=O)N2C[C@H]1C(=NOC)C[C@H]2C(N)=O.CON=C1C[C@@H](C(N)=O)N2C[C@@H]1N(OS(=O)(=O)[O-])C2=O.[Na+]. The van der Waals surface area contributed by atoms with Crippen LogP contribution in [0, 0.1) is 0 Å². The van der Waals surface area contributed by atoms with Crippen LogP contribution in [0.25, 0.3) is 0 Å². The van der Waals surface area contributed by atoms with Gasteiger partial charge in [0.25, 0.3) is 0 Å². The first-order chi connectivity index (χ1) is 37.1. The number of amides is 10. The smallest absolute Gasteiger partial charge is 0.724 e. The third kappa shape index (κ3) is 15.8. The fourth-order valence-electron chi connectivity index (χ4n) is 9.13. The maximum atomic E-state index is 12.3. The average molecular weight is 1180 g/mol. The van der Waals surface area contributed by atoms with Crippen LogP contribution in [0.1, 0.15) is 40.5 Å². The molecule has 8 fully saturated rings. The molecule has 0 saturated carbocycles. The van der Waals surface area contributed by atoms with Crippen LogP contribution in [0.4, 0.5) is 19.2 Å². The summed E-state index contributed by atoms with van der Waals surface area (Å²) in [6.07, 6.45) is 5.20. The summed E-state index contributed by atoms with van der Waals surface area (Å²) in [5.41, 5.74) is 12.3. The number of rotatable bonds is 19. The van der Waals surface area contributed by atoms with Crippen molar-refractivity contribution in [1.82, 2.24) is 39.9 Å². The van der Waals surface area contributed by atoms with Gasteiger partial charge in [-0.3, -0.25) is 24.1 Å². The number of fused-ring (bicyclic) bond motifs is 8. The van der Waals surface area contributed by atoms with Crippen LogP contribution < -0.4 is 41.0 Å². The molecule has 0 aromatic heterocycles. The van der Waals surface area contributed by atoms with E-state index in [4.69, 9.17) is 50.3 Å². The molecule has 35 nitrogen and oxygen atoms in total. The number of hydroxylamine groups is 8. The van der Waals surface area contributed by atoms with Crippen molar-refractivity contribution in [2.75, 3.05) is 81.5 Å². The molecule has 37 heteroatoms. The fourth-order valence-corrected chi connectivity index (χ4v) is 9.49. The van der Waals surface area contributed by atoms with E-state index in [1.54, 1.807) is 0 Å². The second-order valence-electron chi connectivity index (χ2n) is 16.9. The fraction of sp³-hybridized carbons (Fsp3) is 0.591. The molecule has 81 heavy (non-hydrogen) atoms. The average Bonchev–Trinajstić information content (AvgIpc) is 4.05. The topological polar surface area (TPSA) is 424 Å². The molecule has 0 spiro atoms. The first-order valence-electron chi connectivity index (χ1n) is 23.1. The molecule has 0 unspecified atom stereocenters. The first kappa shape index (κ1) is 69.9. The van der Waals surface area contributed by atoms with Crippen molar-refractivity contribution >= 4 is 81.1 Å². The molecule has 0 aromatic carbocycles. The van der Waals surface area contributed by atoms with Gasteiger partial charge in [-0.15, -0.1) is 19.7 Å². The van der Waals surface area contributed by atoms with Crippen LogP contribution in [0.5, 0.6) is 0 Å². The summed E-state index contributed by atoms with van der Waals surface area (Å²) in [5.74, 6) is -2.90. The first-order valence-corrected chi connectivity index (χ1v) is 24.5. The summed E-state index contributed by atoms with van der Waals surface area (Å²) in [6.45, 7) is 11.9. The Morgan fingerprint density at radius 3 is 1.10 bits per heavy atom. The van der Waals surface area contributed by atoms with Crippen LogP contribution in [0.3, 0.4) is 0 Å². The number of oxime groups is 4. The van der Waals surface area contributed by atoms with Gasteiger partial charge in [0.1, 0.15) is 76.8 Å². The Balaban J connectivity index is 0.000000365. The van der Waals surface area contributed by atoms with Crippen LogP contribution >= 0.6 is 0 Å². The maximum absolute atomic E-state index is 12.3. The summed E-state index contributed by atoms with van der Waals surface area (Å²) in [4.78, 5) is 134. The number of methoxy groups -OCH3 is 1. The minimum atomic E-state index is -5.14. The number of ether oxygens (including phenoxy) is 1. The van der Waals surface area contributed by atoms with Gasteiger partial charge >= 0.3 is 65.6 Å². The number of carboxylic acid groups (broad SMARTS) is 1. The monoisotopic (exact) mass is 1180 g/mol. The maximum Gasteiger partial charge on any atom is 1.00 e. The van der Waals surface area contributed by atoms with Gasteiger partial charge in [0.05, 0.1) is 76.0 Å². The molecule has 5 N–H and O–H groups in total. The number of nitrogens with zero attached hydrogens (tertiary/aromatic N) is 12. The van der Waals surface area contributed by atoms with Crippen LogP contribution in [0.15, 0.2) is 58.6 Å². The third-order valence-electron chi connectivity index (χ3n) is 12.4. The normalized spacial score (nSPS) is 26.6. The summed E-state index contributed by atoms with van der Waals surface area (Å²) in [7, 11) is 1.59. The van der Waals surface area contributed by atoms with Crippen LogP contribution in [0.2, 0.25) is 0 Å². The van der Waals surface area contributed by atoms with E-state index in [0.29, 0.717) is 35.3 Å². The summed E-state index contributed by atoms with van der Waals surface area (Å²) < 4.78 is 40.8. The number of aliphatic carboxylic acids is 1. The van der Waals surface area contributed by atoms with Crippen molar-refractivity contribution in [2.24, 2.45) is 32.1 Å².